The van der Waals surface area contributed by atoms with Gasteiger partial charge in [0.25, 0.3) is 0 Å². The summed E-state index contributed by atoms with van der Waals surface area (Å²) in [5.41, 5.74) is 6.27. The van der Waals surface area contributed by atoms with Crippen molar-refractivity contribution in [1.82, 2.24) is 0 Å². The molecule has 2 N–H and O–H groups in total. The molecule has 0 unspecified atom stereocenters. The van der Waals surface area contributed by atoms with Gasteiger partial charge in [-0.25, -0.2) is 4.79 Å². The molecule has 0 atom stereocenters. The lowest BCUT2D eigenvalue weighted by Crippen LogP contribution is -2.12. The SMILES string of the molecule is COC(=O)/C(N)=C/c1ccc(Cl)cc1Oc1ccccc1. The summed E-state index contributed by atoms with van der Waals surface area (Å²) in [5.74, 6) is 0.558. The molecule has 0 amide bonds. The predicted molar refractivity (Wildman–Crippen MR) is 82.1 cm³/mol. The fraction of sp³-hybridized carbons (Fsp3) is 0.0625. The third-order valence-electron chi connectivity index (χ3n) is 2.68. The van der Waals surface area contributed by atoms with Crippen LogP contribution in [-0.2, 0) is 9.53 Å². The number of ether oxygens (including phenoxy) is 2. The summed E-state index contributed by atoms with van der Waals surface area (Å²) < 4.78 is 10.3. The van der Waals surface area contributed by atoms with Crippen LogP contribution in [0.4, 0.5) is 0 Å². The van der Waals surface area contributed by atoms with Crippen LogP contribution in [0.15, 0.2) is 54.2 Å². The Morgan fingerprint density at radius 3 is 2.57 bits per heavy atom. The summed E-state index contributed by atoms with van der Waals surface area (Å²) in [6.07, 6.45) is 1.49. The number of benzene rings is 2. The molecule has 0 aliphatic rings. The third kappa shape index (κ3) is 4.00. The smallest absolute Gasteiger partial charge is 0.353 e. The van der Waals surface area contributed by atoms with E-state index < -0.39 is 5.97 Å². The second kappa shape index (κ2) is 6.81. The van der Waals surface area contributed by atoms with Gasteiger partial charge in [-0.05, 0) is 30.3 Å². The van der Waals surface area contributed by atoms with Crippen molar-refractivity contribution >= 4 is 23.6 Å². The van der Waals surface area contributed by atoms with Gasteiger partial charge in [0.15, 0.2) is 0 Å². The highest BCUT2D eigenvalue weighted by atomic mass is 35.5. The van der Waals surface area contributed by atoms with E-state index in [1.807, 2.05) is 30.3 Å². The van der Waals surface area contributed by atoms with Gasteiger partial charge in [0, 0.05) is 16.7 Å². The Morgan fingerprint density at radius 2 is 1.90 bits per heavy atom. The molecule has 0 heterocycles. The average molecular weight is 304 g/mol. The van der Waals surface area contributed by atoms with Crippen LogP contribution in [-0.4, -0.2) is 13.1 Å². The van der Waals surface area contributed by atoms with Crippen molar-refractivity contribution < 1.29 is 14.3 Å². The Bertz CT molecular complexity index is 668. The number of halogens is 1. The van der Waals surface area contributed by atoms with Crippen LogP contribution in [0.5, 0.6) is 11.5 Å². The Morgan fingerprint density at radius 1 is 1.19 bits per heavy atom. The molecule has 0 bridgehead atoms. The molecule has 0 saturated heterocycles. The Hall–Kier alpha value is -2.46. The number of hydrogen-bond donors (Lipinski definition) is 1. The molecular formula is C16H14ClNO3. The largest absolute Gasteiger partial charge is 0.464 e. The van der Waals surface area contributed by atoms with Gasteiger partial charge < -0.3 is 15.2 Å². The zero-order chi connectivity index (χ0) is 15.2. The van der Waals surface area contributed by atoms with Crippen LogP contribution in [0, 0.1) is 0 Å². The van der Waals surface area contributed by atoms with Crippen LogP contribution >= 0.6 is 11.6 Å². The van der Waals surface area contributed by atoms with Crippen molar-refractivity contribution in [3.05, 3.63) is 64.8 Å². The van der Waals surface area contributed by atoms with Crippen LogP contribution in [0.1, 0.15) is 5.56 Å². The lowest BCUT2D eigenvalue weighted by molar-refractivity contribution is -0.136. The zero-order valence-electron chi connectivity index (χ0n) is 11.4. The molecule has 0 fully saturated rings. The van der Waals surface area contributed by atoms with Crippen molar-refractivity contribution in [3.8, 4) is 11.5 Å². The second-order valence-corrected chi connectivity index (χ2v) is 4.62. The van der Waals surface area contributed by atoms with Gasteiger partial charge in [0.05, 0.1) is 7.11 Å². The Labute approximate surface area is 127 Å². The predicted octanol–water partition coefficient (Wildman–Crippen LogP) is 3.60. The summed E-state index contributed by atoms with van der Waals surface area (Å²) in [4.78, 5) is 11.4. The van der Waals surface area contributed by atoms with E-state index in [4.69, 9.17) is 22.1 Å². The van der Waals surface area contributed by atoms with Gasteiger partial charge in [-0.2, -0.15) is 0 Å². The molecule has 2 rings (SSSR count). The summed E-state index contributed by atoms with van der Waals surface area (Å²) in [5, 5.41) is 0.523. The lowest BCUT2D eigenvalue weighted by Gasteiger charge is -2.10. The highest BCUT2D eigenvalue weighted by Crippen LogP contribution is 2.29. The second-order valence-electron chi connectivity index (χ2n) is 4.19. The van der Waals surface area contributed by atoms with Gasteiger partial charge >= 0.3 is 5.97 Å². The molecule has 0 spiro atoms. The summed E-state index contributed by atoms with van der Waals surface area (Å²) in [7, 11) is 1.27. The van der Waals surface area contributed by atoms with Gasteiger partial charge in [-0.15, -0.1) is 0 Å². The van der Waals surface area contributed by atoms with Crippen LogP contribution in [0.25, 0.3) is 6.08 Å². The van der Waals surface area contributed by atoms with Gasteiger partial charge in [0.1, 0.15) is 17.2 Å². The topological polar surface area (TPSA) is 61.5 Å². The van der Waals surface area contributed by atoms with E-state index in [9.17, 15) is 4.79 Å². The average Bonchev–Trinajstić information content (AvgIpc) is 2.50. The molecule has 2 aromatic carbocycles. The van der Waals surface area contributed by atoms with Gasteiger partial charge in [-0.1, -0.05) is 29.8 Å². The lowest BCUT2D eigenvalue weighted by atomic mass is 10.1. The molecule has 21 heavy (non-hydrogen) atoms. The van der Waals surface area contributed by atoms with E-state index in [0.29, 0.717) is 22.1 Å². The van der Waals surface area contributed by atoms with E-state index in [1.54, 1.807) is 18.2 Å². The van der Waals surface area contributed by atoms with E-state index >= 15 is 0 Å². The molecular weight excluding hydrogens is 290 g/mol. The number of carbonyl (C=O) groups excluding carboxylic acids is 1. The maximum atomic E-state index is 11.4. The van der Waals surface area contributed by atoms with Crippen molar-refractivity contribution in [2.75, 3.05) is 7.11 Å². The number of carbonyl (C=O) groups is 1. The number of methoxy groups -OCH3 is 1. The molecule has 0 aliphatic heterocycles. The molecule has 5 heteroatoms. The van der Waals surface area contributed by atoms with Gasteiger partial charge in [0.2, 0.25) is 0 Å². The molecule has 108 valence electrons. The maximum Gasteiger partial charge on any atom is 0.353 e. The Kier molecular flexibility index (Phi) is 4.85. The maximum absolute atomic E-state index is 11.4. The highest BCUT2D eigenvalue weighted by molar-refractivity contribution is 6.30. The number of esters is 1. The quantitative estimate of drug-likeness (QED) is 0.692. The molecule has 2 aromatic rings. The van der Waals surface area contributed by atoms with Crippen LogP contribution in [0.3, 0.4) is 0 Å². The first-order valence-electron chi connectivity index (χ1n) is 6.18. The molecule has 0 aromatic heterocycles. The number of para-hydroxylation sites is 1. The van der Waals surface area contributed by atoms with Gasteiger partial charge in [-0.3, -0.25) is 0 Å². The summed E-state index contributed by atoms with van der Waals surface area (Å²) in [6, 6.07) is 14.3. The molecule has 0 saturated carbocycles. The fourth-order valence-corrected chi connectivity index (χ4v) is 1.84. The first kappa shape index (κ1) is 14.9. The Balaban J connectivity index is 2.36. The normalized spacial score (nSPS) is 11.0. The molecule has 0 radical (unpaired) electrons. The van der Waals surface area contributed by atoms with Crippen molar-refractivity contribution in [1.29, 1.82) is 0 Å². The van der Waals surface area contributed by atoms with Crippen molar-refractivity contribution in [2.24, 2.45) is 5.73 Å². The summed E-state index contributed by atoms with van der Waals surface area (Å²) >= 11 is 5.99. The third-order valence-corrected chi connectivity index (χ3v) is 2.91. The molecule has 0 aliphatic carbocycles. The van der Waals surface area contributed by atoms with Crippen molar-refractivity contribution in [2.45, 2.75) is 0 Å². The minimum Gasteiger partial charge on any atom is -0.464 e. The summed E-state index contributed by atoms with van der Waals surface area (Å²) in [6.45, 7) is 0. The molecule has 4 nitrogen and oxygen atoms in total. The van der Waals surface area contributed by atoms with E-state index in [0.717, 1.165) is 0 Å². The van der Waals surface area contributed by atoms with Crippen molar-refractivity contribution in [3.63, 3.8) is 0 Å². The van der Waals surface area contributed by atoms with E-state index in [1.165, 1.54) is 13.2 Å². The van der Waals surface area contributed by atoms with Crippen LogP contribution < -0.4 is 10.5 Å². The minimum atomic E-state index is -0.601. The highest BCUT2D eigenvalue weighted by Gasteiger charge is 2.09. The number of rotatable bonds is 4. The number of hydrogen-bond acceptors (Lipinski definition) is 4. The fourth-order valence-electron chi connectivity index (χ4n) is 1.68. The standard InChI is InChI=1S/C16H14ClNO3/c1-20-16(19)14(18)9-11-7-8-12(17)10-15(11)21-13-5-3-2-4-6-13/h2-10H,18H2,1H3/b14-9-. The first-order chi connectivity index (χ1) is 10.1. The minimum absolute atomic E-state index is 0.0160. The van der Waals surface area contributed by atoms with E-state index in [2.05, 4.69) is 4.74 Å². The van der Waals surface area contributed by atoms with E-state index in [-0.39, 0.29) is 5.70 Å². The van der Waals surface area contributed by atoms with Crippen LogP contribution in [0.2, 0.25) is 5.02 Å². The zero-order valence-corrected chi connectivity index (χ0v) is 12.1. The first-order valence-corrected chi connectivity index (χ1v) is 6.56. The number of nitrogens with two attached hydrogens (primary N) is 1. The monoisotopic (exact) mass is 303 g/mol.